The summed E-state index contributed by atoms with van der Waals surface area (Å²) in [4.78, 5) is 16.9. The molecule has 19 heavy (non-hydrogen) atoms. The largest absolute Gasteiger partial charge is 0.377 e. The van der Waals surface area contributed by atoms with Gasteiger partial charge in [-0.05, 0) is 13.3 Å². The van der Waals surface area contributed by atoms with Crippen molar-refractivity contribution >= 4 is 17.8 Å². The molecule has 0 spiro atoms. The summed E-state index contributed by atoms with van der Waals surface area (Å²) in [5, 5.41) is 0. The molecule has 1 aliphatic heterocycles. The zero-order valence-electron chi connectivity index (χ0n) is 11.6. The Morgan fingerprint density at radius 1 is 1.37 bits per heavy atom. The molecule has 1 unspecified atom stereocenters. The lowest BCUT2D eigenvalue weighted by Crippen LogP contribution is -2.32. The number of hydrogen-bond donors (Lipinski definition) is 2. The number of rotatable bonds is 3. The Balaban J connectivity index is 2.28. The van der Waals surface area contributed by atoms with Crippen LogP contribution >= 0.6 is 0 Å². The van der Waals surface area contributed by atoms with Gasteiger partial charge < -0.3 is 14.5 Å². The third-order valence-corrected chi connectivity index (χ3v) is 2.88. The van der Waals surface area contributed by atoms with Gasteiger partial charge in [-0.3, -0.25) is 5.43 Å². The monoisotopic (exact) mass is 267 g/mol. The quantitative estimate of drug-likeness (QED) is 0.576. The van der Waals surface area contributed by atoms with Crippen LogP contribution in [0.5, 0.6) is 0 Å². The van der Waals surface area contributed by atoms with Crippen molar-refractivity contribution in [2.45, 2.75) is 19.4 Å². The number of hydrazine groups is 1. The number of nitrogens with two attached hydrogens (primary N) is 1. The van der Waals surface area contributed by atoms with E-state index in [9.17, 15) is 0 Å². The van der Waals surface area contributed by atoms with Crippen LogP contribution in [0.4, 0.5) is 17.8 Å². The molecule has 8 nitrogen and oxygen atoms in total. The van der Waals surface area contributed by atoms with Crippen LogP contribution in [-0.4, -0.2) is 54.8 Å². The van der Waals surface area contributed by atoms with Crippen molar-refractivity contribution in [1.29, 1.82) is 0 Å². The number of ether oxygens (including phenoxy) is 1. The van der Waals surface area contributed by atoms with Gasteiger partial charge in [0, 0.05) is 33.8 Å². The minimum atomic E-state index is 0.163. The highest BCUT2D eigenvalue weighted by Crippen LogP contribution is 2.17. The van der Waals surface area contributed by atoms with E-state index in [1.807, 2.05) is 19.0 Å². The molecular weight excluding hydrogens is 246 g/mol. The number of aromatic nitrogens is 3. The second-order valence-corrected chi connectivity index (χ2v) is 4.78. The Kier molecular flexibility index (Phi) is 4.33. The first-order valence-corrected chi connectivity index (χ1v) is 6.36. The van der Waals surface area contributed by atoms with E-state index in [0.717, 1.165) is 26.1 Å². The fourth-order valence-corrected chi connectivity index (χ4v) is 1.94. The van der Waals surface area contributed by atoms with Crippen molar-refractivity contribution in [2.75, 3.05) is 49.0 Å². The van der Waals surface area contributed by atoms with Crippen LogP contribution in [0.25, 0.3) is 0 Å². The first-order valence-electron chi connectivity index (χ1n) is 6.36. The van der Waals surface area contributed by atoms with Crippen molar-refractivity contribution in [3.05, 3.63) is 0 Å². The van der Waals surface area contributed by atoms with Gasteiger partial charge in [0.15, 0.2) is 0 Å². The molecule has 0 aliphatic carbocycles. The summed E-state index contributed by atoms with van der Waals surface area (Å²) in [7, 11) is 3.77. The van der Waals surface area contributed by atoms with Gasteiger partial charge in [0.2, 0.25) is 17.8 Å². The van der Waals surface area contributed by atoms with Crippen molar-refractivity contribution in [1.82, 2.24) is 15.0 Å². The van der Waals surface area contributed by atoms with E-state index < -0.39 is 0 Å². The fourth-order valence-electron chi connectivity index (χ4n) is 1.94. The van der Waals surface area contributed by atoms with Gasteiger partial charge in [0.05, 0.1) is 6.10 Å². The maximum absolute atomic E-state index is 5.63. The van der Waals surface area contributed by atoms with Crippen LogP contribution in [0.2, 0.25) is 0 Å². The molecule has 1 aliphatic rings. The summed E-state index contributed by atoms with van der Waals surface area (Å²) in [5.74, 6) is 6.99. The van der Waals surface area contributed by atoms with Crippen molar-refractivity contribution in [2.24, 2.45) is 5.84 Å². The molecule has 2 rings (SSSR count). The third kappa shape index (κ3) is 3.42. The predicted molar refractivity (Wildman–Crippen MR) is 74.2 cm³/mol. The van der Waals surface area contributed by atoms with Gasteiger partial charge in [-0.2, -0.15) is 15.0 Å². The Labute approximate surface area is 112 Å². The molecule has 2 heterocycles. The van der Waals surface area contributed by atoms with Gasteiger partial charge in [-0.25, -0.2) is 5.84 Å². The highest BCUT2D eigenvalue weighted by atomic mass is 16.5. The summed E-state index contributed by atoms with van der Waals surface area (Å²) in [6, 6.07) is 0. The number of nitrogens with one attached hydrogen (secondary N) is 1. The van der Waals surface area contributed by atoms with Gasteiger partial charge in [-0.1, -0.05) is 0 Å². The van der Waals surface area contributed by atoms with Crippen LogP contribution < -0.4 is 21.1 Å². The summed E-state index contributed by atoms with van der Waals surface area (Å²) >= 11 is 0. The molecule has 0 amide bonds. The highest BCUT2D eigenvalue weighted by Gasteiger charge is 2.19. The highest BCUT2D eigenvalue weighted by molar-refractivity contribution is 5.44. The Morgan fingerprint density at radius 2 is 2.16 bits per heavy atom. The Bertz CT molecular complexity index is 426. The molecule has 1 aromatic heterocycles. The van der Waals surface area contributed by atoms with E-state index in [2.05, 4.69) is 32.2 Å². The molecule has 0 bridgehead atoms. The van der Waals surface area contributed by atoms with E-state index in [1.165, 1.54) is 0 Å². The molecule has 8 heteroatoms. The Morgan fingerprint density at radius 3 is 2.84 bits per heavy atom. The van der Waals surface area contributed by atoms with Crippen LogP contribution in [-0.2, 0) is 4.74 Å². The Hall–Kier alpha value is -1.67. The number of nitrogen functional groups attached to an aromatic ring is 1. The number of anilines is 3. The smallest absolute Gasteiger partial charge is 0.243 e. The van der Waals surface area contributed by atoms with Crippen LogP contribution in [0.3, 0.4) is 0 Å². The van der Waals surface area contributed by atoms with Crippen LogP contribution in [0.1, 0.15) is 13.3 Å². The molecule has 1 aromatic rings. The zero-order valence-corrected chi connectivity index (χ0v) is 11.6. The standard InChI is InChI=1S/C11H21N7O/c1-8-7-18(5-4-6-19-8)11-14-9(16-12)13-10(15-11)17(2)3/h8H,4-7,12H2,1-3H3,(H,13,14,15,16). The fraction of sp³-hybridized carbons (Fsp3) is 0.727. The van der Waals surface area contributed by atoms with E-state index >= 15 is 0 Å². The predicted octanol–water partition coefficient (Wildman–Crippen LogP) is -0.162. The molecule has 3 N–H and O–H groups in total. The topological polar surface area (TPSA) is 92.4 Å². The minimum Gasteiger partial charge on any atom is -0.377 e. The van der Waals surface area contributed by atoms with E-state index in [-0.39, 0.29) is 6.10 Å². The number of nitrogens with zero attached hydrogens (tertiary/aromatic N) is 5. The minimum absolute atomic E-state index is 0.163. The zero-order chi connectivity index (χ0) is 13.8. The second-order valence-electron chi connectivity index (χ2n) is 4.78. The van der Waals surface area contributed by atoms with Gasteiger partial charge in [0.1, 0.15) is 0 Å². The molecule has 1 fully saturated rings. The van der Waals surface area contributed by atoms with Crippen LogP contribution in [0.15, 0.2) is 0 Å². The molecule has 0 saturated carbocycles. The summed E-state index contributed by atoms with van der Waals surface area (Å²) in [6.45, 7) is 4.45. The van der Waals surface area contributed by atoms with Crippen molar-refractivity contribution in [3.63, 3.8) is 0 Å². The van der Waals surface area contributed by atoms with E-state index in [0.29, 0.717) is 17.8 Å². The maximum Gasteiger partial charge on any atom is 0.243 e. The number of hydrogen-bond acceptors (Lipinski definition) is 8. The van der Waals surface area contributed by atoms with Gasteiger partial charge >= 0.3 is 0 Å². The third-order valence-electron chi connectivity index (χ3n) is 2.88. The lowest BCUT2D eigenvalue weighted by atomic mass is 10.3. The molecule has 0 radical (unpaired) electrons. The molecule has 1 atom stereocenters. The molecule has 106 valence electrons. The molecule has 0 aromatic carbocycles. The second kappa shape index (κ2) is 5.98. The summed E-state index contributed by atoms with van der Waals surface area (Å²) in [6.07, 6.45) is 1.12. The van der Waals surface area contributed by atoms with E-state index in [4.69, 9.17) is 10.6 Å². The summed E-state index contributed by atoms with van der Waals surface area (Å²) < 4.78 is 5.63. The lowest BCUT2D eigenvalue weighted by molar-refractivity contribution is 0.0820. The summed E-state index contributed by atoms with van der Waals surface area (Å²) in [5.41, 5.74) is 2.48. The van der Waals surface area contributed by atoms with Crippen molar-refractivity contribution in [3.8, 4) is 0 Å². The maximum atomic E-state index is 5.63. The normalized spacial score (nSPS) is 20.0. The average Bonchev–Trinajstić information content (AvgIpc) is 2.62. The van der Waals surface area contributed by atoms with Crippen LogP contribution in [0, 0.1) is 0 Å². The molecular formula is C11H21N7O. The first-order chi connectivity index (χ1) is 9.10. The first kappa shape index (κ1) is 13.8. The van der Waals surface area contributed by atoms with Crippen molar-refractivity contribution < 1.29 is 4.74 Å². The van der Waals surface area contributed by atoms with E-state index in [1.54, 1.807) is 0 Å². The SMILES string of the molecule is CC1CN(c2nc(NN)nc(N(C)C)n2)CCCO1. The lowest BCUT2D eigenvalue weighted by Gasteiger charge is -2.23. The van der Waals surface area contributed by atoms with Gasteiger partial charge in [0.25, 0.3) is 0 Å². The van der Waals surface area contributed by atoms with Gasteiger partial charge in [-0.15, -0.1) is 0 Å². The molecule has 1 saturated heterocycles. The average molecular weight is 267 g/mol.